The van der Waals surface area contributed by atoms with Gasteiger partial charge in [0.2, 0.25) is 5.82 Å². The molecule has 292 valence electrons. The highest BCUT2D eigenvalue weighted by Crippen LogP contribution is 2.33. The standard InChI is InChI=1S/C17H25N5O2S2.C16H24N6O2S2.CH4/c1-11-8-22(5)14(19-11)16(24)20-12-7-13(21(4)9-12)15(23)18-10-17(2,3)26-25-6;1-16(2,26-25-5)9-18-14(23)11-6-10(7-21(11)3)19-15(24)13-20-12(17)8-22(13)4;/h7-9H,10H2,1-6H3,(H,18,23)(H,20,24);6-8H,9,17H2,1-5H3,(H,18,23)(H,19,24);1H4. The van der Waals surface area contributed by atoms with Crippen LogP contribution in [0.3, 0.4) is 0 Å². The molecule has 6 N–H and O–H groups in total. The fourth-order valence-corrected chi connectivity index (χ4v) is 9.12. The first kappa shape index (κ1) is 45.2. The summed E-state index contributed by atoms with van der Waals surface area (Å²) in [5, 5.41) is 11.4. The third kappa shape index (κ3) is 13.1. The maximum absolute atomic E-state index is 12.5. The molecule has 0 saturated heterocycles. The Kier molecular flexibility index (Phi) is 16.6. The number of aryl methyl sites for hydroxylation is 5. The number of aromatic nitrogens is 6. The second-order valence-electron chi connectivity index (χ2n) is 13.2. The number of anilines is 3. The van der Waals surface area contributed by atoms with Gasteiger partial charge in [0.25, 0.3) is 23.6 Å². The van der Waals surface area contributed by atoms with Gasteiger partial charge in [-0.1, -0.05) is 50.6 Å². The van der Waals surface area contributed by atoms with Gasteiger partial charge in [0.15, 0.2) is 5.82 Å². The van der Waals surface area contributed by atoms with Crippen LogP contribution in [0.25, 0.3) is 0 Å². The van der Waals surface area contributed by atoms with E-state index in [1.54, 1.807) is 127 Å². The van der Waals surface area contributed by atoms with Gasteiger partial charge in [0, 0.05) is 75.6 Å². The van der Waals surface area contributed by atoms with Crippen molar-refractivity contribution in [1.29, 1.82) is 0 Å². The molecule has 4 rings (SSSR count). The fourth-order valence-electron chi connectivity index (χ4n) is 4.90. The van der Waals surface area contributed by atoms with E-state index in [9.17, 15) is 19.2 Å². The normalized spacial score (nSPS) is 11.2. The molecule has 4 aromatic heterocycles. The molecular weight excluding hydrogens is 755 g/mol. The van der Waals surface area contributed by atoms with Crippen molar-refractivity contribution in [2.24, 2.45) is 28.2 Å². The van der Waals surface area contributed by atoms with Crippen LogP contribution in [0.15, 0.2) is 36.9 Å². The maximum atomic E-state index is 12.5. The molecule has 0 saturated carbocycles. The molecule has 0 fully saturated rings. The number of rotatable bonds is 14. The van der Waals surface area contributed by atoms with Gasteiger partial charge in [-0.3, -0.25) is 19.2 Å². The quantitative estimate of drug-likeness (QED) is 0.100. The third-order valence-electron chi connectivity index (χ3n) is 7.26. The molecule has 0 aliphatic rings. The van der Waals surface area contributed by atoms with Gasteiger partial charge in [-0.25, -0.2) is 9.97 Å². The molecule has 4 amide bonds. The minimum absolute atomic E-state index is 0. The van der Waals surface area contributed by atoms with E-state index in [4.69, 9.17) is 5.73 Å². The number of hydrogen-bond donors (Lipinski definition) is 5. The number of carbonyl (C=O) groups is 4. The van der Waals surface area contributed by atoms with Gasteiger partial charge in [0.05, 0.1) is 17.1 Å². The Morgan fingerprint density at radius 3 is 1.40 bits per heavy atom. The maximum Gasteiger partial charge on any atom is 0.291 e. The molecule has 53 heavy (non-hydrogen) atoms. The highest BCUT2D eigenvalue weighted by Gasteiger charge is 2.23. The highest BCUT2D eigenvalue weighted by atomic mass is 33.1. The summed E-state index contributed by atoms with van der Waals surface area (Å²) in [6.45, 7) is 11.2. The third-order valence-corrected chi connectivity index (χ3v) is 12.5. The average molecular weight is 808 g/mol. The number of carbonyl (C=O) groups excluding carboxylic acids is 4. The average Bonchev–Trinajstić information content (AvgIpc) is 3.79. The molecule has 0 aliphatic carbocycles. The zero-order valence-corrected chi connectivity index (χ0v) is 34.7. The van der Waals surface area contributed by atoms with E-state index in [-0.39, 0.29) is 52.2 Å². The Morgan fingerprint density at radius 1 is 0.660 bits per heavy atom. The van der Waals surface area contributed by atoms with Crippen LogP contribution >= 0.6 is 43.2 Å². The van der Waals surface area contributed by atoms with Gasteiger partial charge >= 0.3 is 0 Å². The Morgan fingerprint density at radius 2 is 1.06 bits per heavy atom. The Balaban J connectivity index is 0.000000360. The number of nitrogens with zero attached hydrogens (tertiary/aromatic N) is 6. The molecule has 0 unspecified atom stereocenters. The summed E-state index contributed by atoms with van der Waals surface area (Å²) in [6, 6.07) is 3.30. The zero-order chi connectivity index (χ0) is 39.0. The fraction of sp³-hybridized carbons (Fsp3) is 0.471. The number of nitrogen functional groups attached to an aromatic ring is 1. The van der Waals surface area contributed by atoms with Crippen LogP contribution in [-0.4, -0.2) is 87.0 Å². The number of imidazole rings is 2. The van der Waals surface area contributed by atoms with Crippen molar-refractivity contribution in [3.8, 4) is 0 Å². The summed E-state index contributed by atoms with van der Waals surface area (Å²) in [7, 11) is 13.8. The topological polar surface area (TPSA) is 188 Å². The number of hydrogen-bond acceptors (Lipinski definition) is 11. The minimum Gasteiger partial charge on any atom is -0.382 e. The van der Waals surface area contributed by atoms with Crippen molar-refractivity contribution in [3.05, 3.63) is 65.7 Å². The second-order valence-corrected chi connectivity index (χ2v) is 19.4. The lowest BCUT2D eigenvalue weighted by molar-refractivity contribution is 0.0935. The Labute approximate surface area is 328 Å². The van der Waals surface area contributed by atoms with Crippen molar-refractivity contribution in [1.82, 2.24) is 38.9 Å². The molecule has 0 spiro atoms. The van der Waals surface area contributed by atoms with Crippen LogP contribution in [-0.2, 0) is 28.2 Å². The summed E-state index contributed by atoms with van der Waals surface area (Å²) in [5.41, 5.74) is 8.39. The predicted molar refractivity (Wildman–Crippen MR) is 224 cm³/mol. The Bertz CT molecular complexity index is 1760. The Hall–Kier alpha value is -3.94. The van der Waals surface area contributed by atoms with Crippen molar-refractivity contribution < 1.29 is 19.2 Å². The molecule has 0 bridgehead atoms. The van der Waals surface area contributed by atoms with Crippen molar-refractivity contribution in [2.75, 3.05) is 42.0 Å². The lowest BCUT2D eigenvalue weighted by Gasteiger charge is -2.22. The second kappa shape index (κ2) is 19.4. The zero-order valence-electron chi connectivity index (χ0n) is 31.4. The summed E-state index contributed by atoms with van der Waals surface area (Å²) in [4.78, 5) is 57.8. The van der Waals surface area contributed by atoms with E-state index in [1.807, 2.05) is 19.4 Å². The molecule has 0 atom stereocenters. The lowest BCUT2D eigenvalue weighted by Crippen LogP contribution is -2.36. The summed E-state index contributed by atoms with van der Waals surface area (Å²) < 4.78 is 6.46. The van der Waals surface area contributed by atoms with E-state index in [2.05, 4.69) is 58.9 Å². The van der Waals surface area contributed by atoms with Crippen LogP contribution in [0.5, 0.6) is 0 Å². The van der Waals surface area contributed by atoms with Crippen LogP contribution < -0.4 is 27.0 Å². The summed E-state index contributed by atoms with van der Waals surface area (Å²) in [6.07, 6.45) is 10.8. The van der Waals surface area contributed by atoms with E-state index >= 15 is 0 Å². The first-order chi connectivity index (χ1) is 24.3. The first-order valence-corrected chi connectivity index (χ1v) is 21.1. The van der Waals surface area contributed by atoms with Gasteiger partial charge in [0.1, 0.15) is 17.2 Å². The molecule has 0 aliphatic heterocycles. The molecule has 0 aromatic carbocycles. The molecule has 19 heteroatoms. The van der Waals surface area contributed by atoms with Gasteiger partial charge in [-0.15, -0.1) is 0 Å². The smallest absolute Gasteiger partial charge is 0.291 e. The highest BCUT2D eigenvalue weighted by molar-refractivity contribution is 8.77. The summed E-state index contributed by atoms with van der Waals surface area (Å²) >= 11 is 0. The monoisotopic (exact) mass is 807 g/mol. The van der Waals surface area contributed by atoms with Crippen LogP contribution in [0.2, 0.25) is 0 Å². The van der Waals surface area contributed by atoms with E-state index in [0.29, 0.717) is 41.7 Å². The van der Waals surface area contributed by atoms with Crippen LogP contribution in [0.1, 0.15) is 83.0 Å². The van der Waals surface area contributed by atoms with E-state index in [1.165, 1.54) is 0 Å². The number of nitrogens with one attached hydrogen (secondary N) is 4. The SMILES string of the molecule is C.CSSC(C)(C)CNC(=O)c1cc(NC(=O)c2nc(C)cn2C)cn1C.CSSC(C)(C)CNC(=O)c1cc(NC(=O)c2nc(N)cn2C)cn1C. The van der Waals surface area contributed by atoms with Gasteiger partial charge < -0.3 is 45.3 Å². The lowest BCUT2D eigenvalue weighted by atomic mass is 10.2. The predicted octanol–water partition coefficient (Wildman–Crippen LogP) is 5.59. The van der Waals surface area contributed by atoms with Gasteiger partial charge in [-0.05, 0) is 59.3 Å². The van der Waals surface area contributed by atoms with E-state index in [0.717, 1.165) is 5.69 Å². The van der Waals surface area contributed by atoms with Crippen molar-refractivity contribution in [3.63, 3.8) is 0 Å². The van der Waals surface area contributed by atoms with Crippen molar-refractivity contribution >= 4 is 84.0 Å². The molecule has 15 nitrogen and oxygen atoms in total. The molecule has 4 aromatic rings. The van der Waals surface area contributed by atoms with Crippen molar-refractivity contribution in [2.45, 2.75) is 51.5 Å². The summed E-state index contributed by atoms with van der Waals surface area (Å²) in [5.74, 6) is -0.257. The number of amides is 4. The van der Waals surface area contributed by atoms with Crippen LogP contribution in [0.4, 0.5) is 17.2 Å². The van der Waals surface area contributed by atoms with Gasteiger partial charge in [-0.2, -0.15) is 0 Å². The minimum atomic E-state index is -0.390. The van der Waals surface area contributed by atoms with E-state index < -0.39 is 0 Å². The van der Waals surface area contributed by atoms with Crippen LogP contribution in [0, 0.1) is 6.92 Å². The number of nitrogens with two attached hydrogens (primary N) is 1. The first-order valence-electron chi connectivity index (χ1n) is 16.0. The molecule has 4 heterocycles. The molecule has 0 radical (unpaired) electrons. The largest absolute Gasteiger partial charge is 0.382 e. The molecular formula is C34H53N11O4S4.